The third-order valence-corrected chi connectivity index (χ3v) is 3.29. The second-order valence-electron chi connectivity index (χ2n) is 4.06. The van der Waals surface area contributed by atoms with E-state index in [0.717, 1.165) is 24.8 Å². The highest BCUT2D eigenvalue weighted by atomic mass is 35.5. The number of rotatable bonds is 4. The van der Waals surface area contributed by atoms with Gasteiger partial charge >= 0.3 is 0 Å². The Morgan fingerprint density at radius 1 is 1.53 bits per heavy atom. The van der Waals surface area contributed by atoms with Crippen LogP contribution in [0.3, 0.4) is 0 Å². The van der Waals surface area contributed by atoms with Gasteiger partial charge in [-0.1, -0.05) is 24.1 Å². The number of hydrogen-bond donors (Lipinski definition) is 1. The van der Waals surface area contributed by atoms with E-state index in [0.29, 0.717) is 11.1 Å². The van der Waals surface area contributed by atoms with E-state index in [4.69, 9.17) is 21.7 Å². The highest BCUT2D eigenvalue weighted by Crippen LogP contribution is 2.36. The van der Waals surface area contributed by atoms with Gasteiger partial charge in [-0.3, -0.25) is 0 Å². The minimum absolute atomic E-state index is 0.162. The van der Waals surface area contributed by atoms with Crippen LogP contribution in [0.15, 0.2) is 23.3 Å². The van der Waals surface area contributed by atoms with Crippen molar-refractivity contribution in [1.29, 1.82) is 5.41 Å². The smallest absolute Gasteiger partial charge is 0.148 e. The third kappa shape index (κ3) is 3.13. The van der Waals surface area contributed by atoms with E-state index in [-0.39, 0.29) is 12.8 Å². The topological polar surface area (TPSA) is 58.3 Å². The van der Waals surface area contributed by atoms with Crippen LogP contribution >= 0.6 is 11.6 Å². The van der Waals surface area contributed by atoms with E-state index in [2.05, 4.69) is 9.98 Å². The van der Waals surface area contributed by atoms with Crippen LogP contribution in [-0.4, -0.2) is 23.8 Å². The molecule has 90 valence electrons. The van der Waals surface area contributed by atoms with Crippen LogP contribution in [0.25, 0.3) is 0 Å². The molecule has 0 spiro atoms. The van der Waals surface area contributed by atoms with Crippen molar-refractivity contribution in [2.24, 2.45) is 4.99 Å². The van der Waals surface area contributed by atoms with Gasteiger partial charge in [0.1, 0.15) is 11.9 Å². The Labute approximate surface area is 105 Å². The molecule has 1 aromatic rings. The minimum Gasteiger partial charge on any atom is -0.355 e. The Morgan fingerprint density at radius 3 is 3.12 bits per heavy atom. The van der Waals surface area contributed by atoms with E-state index in [1.807, 2.05) is 24.3 Å². The van der Waals surface area contributed by atoms with Crippen molar-refractivity contribution in [2.75, 3.05) is 6.73 Å². The molecule has 1 saturated carbocycles. The monoisotopic (exact) mass is 251 g/mol. The molecule has 0 aromatic carbocycles. The zero-order valence-electron chi connectivity index (χ0n) is 9.40. The van der Waals surface area contributed by atoms with Crippen molar-refractivity contribution in [3.05, 3.63) is 29.0 Å². The van der Waals surface area contributed by atoms with Gasteiger partial charge in [-0.15, -0.1) is 0 Å². The summed E-state index contributed by atoms with van der Waals surface area (Å²) in [6.45, 7) is 0.214. The minimum atomic E-state index is 0.162. The largest absolute Gasteiger partial charge is 0.355 e. The van der Waals surface area contributed by atoms with Crippen LogP contribution in [-0.2, 0) is 4.74 Å². The molecule has 1 unspecified atom stereocenters. The number of aliphatic imine (C=N–C) groups is 1. The maximum atomic E-state index is 6.69. The zero-order valence-corrected chi connectivity index (χ0v) is 10.2. The number of nitrogens with one attached hydrogen (secondary N) is 1. The lowest BCUT2D eigenvalue weighted by Crippen LogP contribution is -2.17. The molecule has 0 radical (unpaired) electrons. The first-order valence-corrected chi connectivity index (χ1v) is 6.00. The molecule has 1 aliphatic rings. The first-order valence-electron chi connectivity index (χ1n) is 5.62. The molecule has 5 heteroatoms. The summed E-state index contributed by atoms with van der Waals surface area (Å²) in [5, 5.41) is 7.21. The lowest BCUT2D eigenvalue weighted by atomic mass is 9.97. The first-order chi connectivity index (χ1) is 8.31. The normalized spacial score (nSPS) is 23.4. The van der Waals surface area contributed by atoms with E-state index >= 15 is 0 Å². The van der Waals surface area contributed by atoms with Gasteiger partial charge in [0, 0.05) is 12.1 Å². The molecule has 1 aromatic heterocycles. The summed E-state index contributed by atoms with van der Waals surface area (Å²) in [6, 6.07) is 5.78. The van der Waals surface area contributed by atoms with Gasteiger partial charge in [-0.25, -0.2) is 10.4 Å². The second kappa shape index (κ2) is 5.92. The Kier molecular flexibility index (Phi) is 4.26. The Balaban J connectivity index is 2.03. The van der Waals surface area contributed by atoms with Gasteiger partial charge in [-0.05, 0) is 24.5 Å². The molecule has 2 rings (SSSR count). The van der Waals surface area contributed by atoms with Crippen molar-refractivity contribution in [3.8, 4) is 0 Å². The molecule has 0 aliphatic heterocycles. The maximum Gasteiger partial charge on any atom is 0.148 e. The SMILES string of the molecule is N=C=NCO[C@@H]1CCCC1c1ccc(Cl)nc1. The Bertz CT molecular complexity index is 414. The Hall–Kier alpha value is -1.22. The molecule has 0 amide bonds. The summed E-state index contributed by atoms with van der Waals surface area (Å²) in [4.78, 5) is 7.73. The van der Waals surface area contributed by atoms with E-state index in [1.165, 1.54) is 0 Å². The van der Waals surface area contributed by atoms with Crippen LogP contribution in [0.1, 0.15) is 30.7 Å². The van der Waals surface area contributed by atoms with Gasteiger partial charge in [0.05, 0.1) is 12.1 Å². The lowest BCUT2D eigenvalue weighted by molar-refractivity contribution is 0.0525. The van der Waals surface area contributed by atoms with E-state index in [1.54, 1.807) is 0 Å². The van der Waals surface area contributed by atoms with Gasteiger partial charge in [0.25, 0.3) is 0 Å². The fourth-order valence-electron chi connectivity index (χ4n) is 2.28. The van der Waals surface area contributed by atoms with Gasteiger partial charge in [0.2, 0.25) is 0 Å². The molecule has 17 heavy (non-hydrogen) atoms. The maximum absolute atomic E-state index is 6.69. The van der Waals surface area contributed by atoms with Crippen molar-refractivity contribution >= 4 is 17.6 Å². The highest BCUT2D eigenvalue weighted by molar-refractivity contribution is 6.29. The highest BCUT2D eigenvalue weighted by Gasteiger charge is 2.29. The predicted molar refractivity (Wildman–Crippen MR) is 65.7 cm³/mol. The number of hydrogen-bond acceptors (Lipinski definition) is 4. The van der Waals surface area contributed by atoms with E-state index in [9.17, 15) is 0 Å². The standard InChI is InChI=1S/C12H14ClN3O/c13-12-5-4-9(6-16-12)10-2-1-3-11(10)17-8-15-7-14/h4-6,10-11,14H,1-3,8H2/t10?,11-/m1/s1. The fraction of sp³-hybridized carbons (Fsp3) is 0.500. The molecular formula is C12H14ClN3O. The predicted octanol–water partition coefficient (Wildman–Crippen LogP) is 3.10. The summed E-state index contributed by atoms with van der Waals surface area (Å²) in [6.07, 6.45) is 5.25. The first kappa shape index (κ1) is 12.2. The van der Waals surface area contributed by atoms with Crippen LogP contribution < -0.4 is 0 Å². The molecule has 1 N–H and O–H groups in total. The number of halogens is 1. The quantitative estimate of drug-likeness (QED) is 0.660. The average Bonchev–Trinajstić information content (AvgIpc) is 2.79. The summed E-state index contributed by atoms with van der Waals surface area (Å²) < 4.78 is 5.63. The van der Waals surface area contributed by atoms with Crippen LogP contribution in [0.5, 0.6) is 0 Å². The van der Waals surface area contributed by atoms with Gasteiger partial charge < -0.3 is 4.74 Å². The fourth-order valence-corrected chi connectivity index (χ4v) is 2.39. The van der Waals surface area contributed by atoms with Crippen LogP contribution in [0.4, 0.5) is 0 Å². The van der Waals surface area contributed by atoms with Gasteiger partial charge in [-0.2, -0.15) is 4.99 Å². The molecule has 0 saturated heterocycles. The summed E-state index contributed by atoms with van der Waals surface area (Å²) in [7, 11) is 0. The van der Waals surface area contributed by atoms with Crippen LogP contribution in [0, 0.1) is 5.41 Å². The average molecular weight is 252 g/mol. The Morgan fingerprint density at radius 2 is 2.41 bits per heavy atom. The number of nitrogens with zero attached hydrogens (tertiary/aromatic N) is 2. The van der Waals surface area contributed by atoms with Crippen molar-refractivity contribution in [1.82, 2.24) is 4.98 Å². The molecule has 4 nitrogen and oxygen atoms in total. The molecule has 1 aliphatic carbocycles. The number of pyridine rings is 1. The summed E-state index contributed by atoms with van der Waals surface area (Å²) >= 11 is 5.77. The lowest BCUT2D eigenvalue weighted by Gasteiger charge is -2.19. The molecule has 2 atom stereocenters. The molecule has 1 heterocycles. The molecule has 0 bridgehead atoms. The van der Waals surface area contributed by atoms with Gasteiger partial charge in [0.15, 0.2) is 0 Å². The molecular weight excluding hydrogens is 238 g/mol. The number of ether oxygens (including phenoxy) is 1. The zero-order chi connectivity index (χ0) is 12.1. The van der Waals surface area contributed by atoms with E-state index < -0.39 is 0 Å². The number of aromatic nitrogens is 1. The molecule has 1 fully saturated rings. The van der Waals surface area contributed by atoms with Crippen molar-refractivity contribution < 1.29 is 4.74 Å². The summed E-state index contributed by atoms with van der Waals surface area (Å²) in [5.74, 6) is 0.362. The van der Waals surface area contributed by atoms with Crippen molar-refractivity contribution in [3.63, 3.8) is 0 Å². The summed E-state index contributed by atoms with van der Waals surface area (Å²) in [5.41, 5.74) is 1.16. The third-order valence-electron chi connectivity index (χ3n) is 3.06. The second-order valence-corrected chi connectivity index (χ2v) is 4.44. The van der Waals surface area contributed by atoms with Crippen LogP contribution in [0.2, 0.25) is 5.15 Å². The van der Waals surface area contributed by atoms with Crippen molar-refractivity contribution in [2.45, 2.75) is 31.3 Å².